The van der Waals surface area contributed by atoms with Crippen molar-refractivity contribution in [2.45, 2.75) is 24.0 Å². The number of aromatic nitrogens is 4. The van der Waals surface area contributed by atoms with Crippen LogP contribution in [-0.4, -0.2) is 37.5 Å². The third kappa shape index (κ3) is 2.83. The second-order valence-corrected chi connectivity index (χ2v) is 6.68. The van der Waals surface area contributed by atoms with Crippen molar-refractivity contribution in [3.63, 3.8) is 0 Å². The van der Waals surface area contributed by atoms with Crippen molar-refractivity contribution < 1.29 is 9.50 Å². The van der Waals surface area contributed by atoms with Gasteiger partial charge < -0.3 is 9.67 Å². The van der Waals surface area contributed by atoms with Crippen molar-refractivity contribution >= 4 is 11.8 Å². The molecule has 1 aromatic carbocycles. The van der Waals surface area contributed by atoms with Crippen LogP contribution in [0.1, 0.15) is 18.3 Å². The van der Waals surface area contributed by atoms with Crippen molar-refractivity contribution in [1.82, 2.24) is 19.5 Å². The minimum Gasteiger partial charge on any atom is -0.394 e. The van der Waals surface area contributed by atoms with Gasteiger partial charge >= 0.3 is 0 Å². The minimum atomic E-state index is -0.281. The van der Waals surface area contributed by atoms with Gasteiger partial charge in [-0.25, -0.2) is 19.3 Å². The maximum Gasteiger partial charge on any atom is 0.187 e. The van der Waals surface area contributed by atoms with E-state index in [2.05, 4.69) is 14.5 Å². The van der Waals surface area contributed by atoms with E-state index in [-0.39, 0.29) is 18.5 Å². The van der Waals surface area contributed by atoms with E-state index in [1.54, 1.807) is 18.3 Å². The van der Waals surface area contributed by atoms with Crippen LogP contribution in [0.15, 0.2) is 41.7 Å². The highest BCUT2D eigenvalue weighted by Crippen LogP contribution is 2.39. The molecule has 3 aromatic rings. The van der Waals surface area contributed by atoms with Gasteiger partial charge in [0.05, 0.1) is 29.7 Å². The average molecular weight is 356 g/mol. The average Bonchev–Trinajstić information content (AvgIpc) is 3.21. The molecule has 1 N–H and O–H groups in total. The summed E-state index contributed by atoms with van der Waals surface area (Å²) in [5.74, 6) is 0.648. The molecular formula is C18H17FN4OS. The Hall–Kier alpha value is -2.25. The van der Waals surface area contributed by atoms with Crippen LogP contribution in [0.25, 0.3) is 22.6 Å². The summed E-state index contributed by atoms with van der Waals surface area (Å²) in [6.45, 7) is 0.0552. The number of nitrogens with zero attached hydrogens (tertiary/aromatic N) is 4. The highest BCUT2D eigenvalue weighted by molar-refractivity contribution is 7.98. The van der Waals surface area contributed by atoms with Crippen LogP contribution in [-0.2, 0) is 6.42 Å². The molecule has 1 atom stereocenters. The Kier molecular flexibility index (Phi) is 4.27. The third-order valence-electron chi connectivity index (χ3n) is 4.44. The van der Waals surface area contributed by atoms with Gasteiger partial charge in [0.15, 0.2) is 5.16 Å². The number of thioether (sulfide) groups is 1. The Labute approximate surface area is 149 Å². The molecule has 0 saturated carbocycles. The number of aryl methyl sites for hydroxylation is 1. The summed E-state index contributed by atoms with van der Waals surface area (Å²) < 4.78 is 15.4. The molecule has 128 valence electrons. The van der Waals surface area contributed by atoms with Gasteiger partial charge in [-0.05, 0) is 43.0 Å². The fourth-order valence-corrected chi connectivity index (χ4v) is 3.63. The first-order valence-corrected chi connectivity index (χ1v) is 9.29. The number of benzene rings is 1. The lowest BCUT2D eigenvalue weighted by molar-refractivity contribution is 0.234. The standard InChI is InChI=1S/C18H17FN4OS/c1-25-18-20-9-8-14(21-18)17-16(11-2-4-12(19)5-3-11)22-15-7-6-13(10-24)23(15)17/h2-5,8-9,13,24H,6-7,10H2,1H3/t13-/m1/s1. The summed E-state index contributed by atoms with van der Waals surface area (Å²) in [5.41, 5.74) is 3.21. The molecule has 25 heavy (non-hydrogen) atoms. The predicted octanol–water partition coefficient (Wildman–Crippen LogP) is 3.35. The Morgan fingerprint density at radius 1 is 1.24 bits per heavy atom. The Balaban J connectivity index is 1.94. The number of aliphatic hydroxyl groups excluding tert-OH is 1. The fraction of sp³-hybridized carbons (Fsp3) is 0.278. The minimum absolute atomic E-state index is 0.0145. The van der Waals surface area contributed by atoms with Crippen LogP contribution in [0, 0.1) is 5.82 Å². The summed E-state index contributed by atoms with van der Waals surface area (Å²) in [6.07, 6.45) is 5.32. The molecule has 7 heteroatoms. The summed E-state index contributed by atoms with van der Waals surface area (Å²) >= 11 is 1.47. The van der Waals surface area contributed by atoms with Gasteiger partial charge in [-0.15, -0.1) is 0 Å². The summed E-state index contributed by atoms with van der Waals surface area (Å²) in [4.78, 5) is 13.6. The molecule has 0 fully saturated rings. The molecule has 0 unspecified atom stereocenters. The normalized spacial score (nSPS) is 16.2. The Bertz CT molecular complexity index is 910. The van der Waals surface area contributed by atoms with Gasteiger partial charge in [-0.1, -0.05) is 11.8 Å². The van der Waals surface area contributed by atoms with Gasteiger partial charge in [0, 0.05) is 18.2 Å². The maximum atomic E-state index is 13.3. The highest BCUT2D eigenvalue weighted by Gasteiger charge is 2.30. The van der Waals surface area contributed by atoms with E-state index in [4.69, 9.17) is 4.98 Å². The van der Waals surface area contributed by atoms with Crippen molar-refractivity contribution in [2.75, 3.05) is 12.9 Å². The van der Waals surface area contributed by atoms with Crippen molar-refractivity contribution in [2.24, 2.45) is 0 Å². The molecule has 1 aliphatic rings. The summed E-state index contributed by atoms with van der Waals surface area (Å²) in [6, 6.07) is 8.15. The van der Waals surface area contributed by atoms with Gasteiger partial charge in [0.25, 0.3) is 0 Å². The Morgan fingerprint density at radius 3 is 2.76 bits per heavy atom. The fourth-order valence-electron chi connectivity index (χ4n) is 3.27. The van der Waals surface area contributed by atoms with E-state index in [1.165, 1.54) is 23.9 Å². The Morgan fingerprint density at radius 2 is 2.04 bits per heavy atom. The van der Waals surface area contributed by atoms with Gasteiger partial charge in [-0.2, -0.15) is 0 Å². The predicted molar refractivity (Wildman–Crippen MR) is 94.9 cm³/mol. The molecule has 3 heterocycles. The van der Waals surface area contributed by atoms with Crippen molar-refractivity contribution in [3.8, 4) is 22.6 Å². The second kappa shape index (κ2) is 6.57. The van der Waals surface area contributed by atoms with E-state index in [9.17, 15) is 9.50 Å². The van der Waals surface area contributed by atoms with Gasteiger partial charge in [0.1, 0.15) is 11.6 Å². The van der Waals surface area contributed by atoms with Crippen molar-refractivity contribution in [3.05, 3.63) is 48.2 Å². The number of hydrogen-bond acceptors (Lipinski definition) is 5. The first kappa shape index (κ1) is 16.2. The zero-order valence-corrected chi connectivity index (χ0v) is 14.5. The van der Waals surface area contributed by atoms with Crippen LogP contribution in [0.4, 0.5) is 4.39 Å². The molecule has 2 aromatic heterocycles. The van der Waals surface area contributed by atoms with Crippen LogP contribution >= 0.6 is 11.8 Å². The van der Waals surface area contributed by atoms with Gasteiger partial charge in [-0.3, -0.25) is 0 Å². The van der Waals surface area contributed by atoms with E-state index < -0.39 is 0 Å². The molecule has 1 aliphatic heterocycles. The number of hydrogen-bond donors (Lipinski definition) is 1. The molecule has 0 saturated heterocycles. The molecule has 0 spiro atoms. The quantitative estimate of drug-likeness (QED) is 0.574. The monoisotopic (exact) mass is 356 g/mol. The number of rotatable bonds is 4. The van der Waals surface area contributed by atoms with E-state index in [0.29, 0.717) is 5.16 Å². The SMILES string of the molecule is CSc1nccc(-c2c(-c3ccc(F)cc3)nc3n2[C@@H](CO)CC3)n1. The van der Waals surface area contributed by atoms with Crippen LogP contribution in [0.2, 0.25) is 0 Å². The lowest BCUT2D eigenvalue weighted by Gasteiger charge is -2.15. The largest absolute Gasteiger partial charge is 0.394 e. The van der Waals surface area contributed by atoms with Crippen LogP contribution in [0.3, 0.4) is 0 Å². The lowest BCUT2D eigenvalue weighted by Crippen LogP contribution is -2.10. The molecular weight excluding hydrogens is 339 g/mol. The van der Waals surface area contributed by atoms with Crippen molar-refractivity contribution in [1.29, 1.82) is 0 Å². The van der Waals surface area contributed by atoms with E-state index in [1.807, 2.05) is 12.3 Å². The second-order valence-electron chi connectivity index (χ2n) is 5.91. The van der Waals surface area contributed by atoms with Crippen LogP contribution < -0.4 is 0 Å². The number of aliphatic hydroxyl groups is 1. The molecule has 0 radical (unpaired) electrons. The lowest BCUT2D eigenvalue weighted by atomic mass is 10.1. The molecule has 4 rings (SSSR count). The smallest absolute Gasteiger partial charge is 0.187 e. The van der Waals surface area contributed by atoms with E-state index in [0.717, 1.165) is 41.3 Å². The number of halogens is 1. The van der Waals surface area contributed by atoms with Gasteiger partial charge in [0.2, 0.25) is 0 Å². The zero-order valence-electron chi connectivity index (χ0n) is 13.7. The highest BCUT2D eigenvalue weighted by atomic mass is 32.2. The first-order chi connectivity index (χ1) is 12.2. The molecule has 5 nitrogen and oxygen atoms in total. The third-order valence-corrected chi connectivity index (χ3v) is 5.00. The topological polar surface area (TPSA) is 63.8 Å². The maximum absolute atomic E-state index is 13.3. The van der Waals surface area contributed by atoms with E-state index >= 15 is 0 Å². The number of fused-ring (bicyclic) bond motifs is 1. The van der Waals surface area contributed by atoms with Crippen LogP contribution in [0.5, 0.6) is 0 Å². The number of imidazole rings is 1. The zero-order chi connectivity index (χ0) is 17.4. The molecule has 0 bridgehead atoms. The molecule has 0 amide bonds. The molecule has 0 aliphatic carbocycles. The first-order valence-electron chi connectivity index (χ1n) is 8.06. The summed E-state index contributed by atoms with van der Waals surface area (Å²) in [7, 11) is 0. The summed E-state index contributed by atoms with van der Waals surface area (Å²) in [5, 5.41) is 10.4.